The lowest BCUT2D eigenvalue weighted by Gasteiger charge is -2.30. The second kappa shape index (κ2) is 9.35. The molecule has 5 nitrogen and oxygen atoms in total. The van der Waals surface area contributed by atoms with Crippen LogP contribution in [0.25, 0.3) is 6.08 Å². The van der Waals surface area contributed by atoms with Crippen LogP contribution in [0.1, 0.15) is 44.1 Å². The standard InChI is InChI=1S/C24H25ClN2O3/c25-19-12-6-5-9-17(19)15-22-24(29)27(20-13-7-8-14-21(20)30-22)16-23(28)26-18-10-3-1-2-4-11-18/h5-9,12-15,18H,1-4,10-11,16H2,(H,26,28). The van der Waals surface area contributed by atoms with Gasteiger partial charge >= 0.3 is 0 Å². The van der Waals surface area contributed by atoms with E-state index >= 15 is 0 Å². The molecule has 0 radical (unpaired) electrons. The number of carbonyl (C=O) groups is 2. The van der Waals surface area contributed by atoms with Crippen molar-refractivity contribution in [1.29, 1.82) is 0 Å². The van der Waals surface area contributed by atoms with Crippen LogP contribution in [0.4, 0.5) is 5.69 Å². The lowest BCUT2D eigenvalue weighted by molar-refractivity contribution is -0.124. The number of para-hydroxylation sites is 2. The first-order valence-corrected chi connectivity index (χ1v) is 10.8. The van der Waals surface area contributed by atoms with Crippen molar-refractivity contribution in [3.05, 3.63) is 64.9 Å². The smallest absolute Gasteiger partial charge is 0.294 e. The summed E-state index contributed by atoms with van der Waals surface area (Å²) in [5, 5.41) is 3.64. The van der Waals surface area contributed by atoms with Gasteiger partial charge in [-0.05, 0) is 42.7 Å². The Balaban J connectivity index is 1.57. The number of anilines is 1. The number of fused-ring (bicyclic) bond motifs is 1. The maximum atomic E-state index is 13.2. The van der Waals surface area contributed by atoms with E-state index in [9.17, 15) is 9.59 Å². The zero-order valence-corrected chi connectivity index (χ0v) is 17.5. The molecule has 4 rings (SSSR count). The van der Waals surface area contributed by atoms with E-state index in [1.54, 1.807) is 24.3 Å². The summed E-state index contributed by atoms with van der Waals surface area (Å²) in [5.41, 5.74) is 1.28. The van der Waals surface area contributed by atoms with Crippen molar-refractivity contribution >= 4 is 35.2 Å². The van der Waals surface area contributed by atoms with E-state index < -0.39 is 0 Å². The number of rotatable bonds is 4. The van der Waals surface area contributed by atoms with Crippen LogP contribution >= 0.6 is 11.6 Å². The summed E-state index contributed by atoms with van der Waals surface area (Å²) < 4.78 is 5.86. The van der Waals surface area contributed by atoms with Gasteiger partial charge in [0, 0.05) is 11.1 Å². The number of benzene rings is 2. The highest BCUT2D eigenvalue weighted by molar-refractivity contribution is 6.32. The second-order valence-corrected chi connectivity index (χ2v) is 8.15. The van der Waals surface area contributed by atoms with Crippen molar-refractivity contribution in [3.8, 4) is 5.75 Å². The topological polar surface area (TPSA) is 58.6 Å². The number of ether oxygens (including phenoxy) is 1. The van der Waals surface area contributed by atoms with E-state index in [0.717, 1.165) is 25.7 Å². The third-order valence-corrected chi connectivity index (χ3v) is 5.89. The molecule has 0 unspecified atom stereocenters. The fraction of sp³-hybridized carbons (Fsp3) is 0.333. The van der Waals surface area contributed by atoms with Crippen LogP contribution in [0.15, 0.2) is 54.3 Å². The first kappa shape index (κ1) is 20.5. The summed E-state index contributed by atoms with van der Waals surface area (Å²) in [7, 11) is 0. The molecule has 0 atom stereocenters. The Bertz CT molecular complexity index is 964. The maximum absolute atomic E-state index is 13.2. The molecular weight excluding hydrogens is 400 g/mol. The summed E-state index contributed by atoms with van der Waals surface area (Å²) in [5.74, 6) is 0.176. The Morgan fingerprint density at radius 2 is 1.77 bits per heavy atom. The molecule has 0 spiro atoms. The van der Waals surface area contributed by atoms with Crippen LogP contribution in [0.5, 0.6) is 5.75 Å². The van der Waals surface area contributed by atoms with E-state index in [4.69, 9.17) is 16.3 Å². The lowest BCUT2D eigenvalue weighted by atomic mass is 10.1. The van der Waals surface area contributed by atoms with Gasteiger partial charge < -0.3 is 10.1 Å². The highest BCUT2D eigenvalue weighted by Crippen LogP contribution is 2.35. The predicted molar refractivity (Wildman–Crippen MR) is 118 cm³/mol. The van der Waals surface area contributed by atoms with Gasteiger partial charge in [0.05, 0.1) is 5.69 Å². The summed E-state index contributed by atoms with van der Waals surface area (Å²) >= 11 is 6.24. The summed E-state index contributed by atoms with van der Waals surface area (Å²) in [4.78, 5) is 27.5. The minimum absolute atomic E-state index is 0.0461. The van der Waals surface area contributed by atoms with Crippen LogP contribution in [-0.2, 0) is 9.59 Å². The zero-order valence-electron chi connectivity index (χ0n) is 16.8. The van der Waals surface area contributed by atoms with Crippen LogP contribution in [0.2, 0.25) is 5.02 Å². The SMILES string of the molecule is O=C(CN1C(=O)C(=Cc2ccccc2Cl)Oc2ccccc21)NC1CCCCCC1. The van der Waals surface area contributed by atoms with Crippen LogP contribution in [0.3, 0.4) is 0 Å². The molecule has 2 amide bonds. The van der Waals surface area contributed by atoms with Gasteiger partial charge in [-0.25, -0.2) is 0 Å². The predicted octanol–water partition coefficient (Wildman–Crippen LogP) is 4.95. The molecule has 1 fully saturated rings. The number of carbonyl (C=O) groups excluding carboxylic acids is 2. The largest absolute Gasteiger partial charge is 0.449 e. The molecule has 1 aliphatic heterocycles. The van der Waals surface area contributed by atoms with Gasteiger partial charge in [0.2, 0.25) is 5.91 Å². The first-order chi connectivity index (χ1) is 14.6. The first-order valence-electron chi connectivity index (χ1n) is 10.5. The Labute approximate surface area is 181 Å². The summed E-state index contributed by atoms with van der Waals surface area (Å²) in [6.07, 6.45) is 8.32. The third kappa shape index (κ3) is 4.68. The highest BCUT2D eigenvalue weighted by Gasteiger charge is 2.32. The average Bonchev–Trinajstić information content (AvgIpc) is 3.01. The third-order valence-electron chi connectivity index (χ3n) is 5.55. The van der Waals surface area contributed by atoms with Crippen molar-refractivity contribution in [1.82, 2.24) is 5.32 Å². The minimum atomic E-state index is -0.357. The van der Waals surface area contributed by atoms with Gasteiger partial charge in [0.25, 0.3) is 5.91 Å². The number of hydrogen-bond donors (Lipinski definition) is 1. The number of nitrogens with zero attached hydrogens (tertiary/aromatic N) is 1. The van der Waals surface area contributed by atoms with Crippen LogP contribution in [-0.4, -0.2) is 24.4 Å². The van der Waals surface area contributed by atoms with Gasteiger partial charge in [0.15, 0.2) is 11.5 Å². The van der Waals surface area contributed by atoms with Crippen molar-refractivity contribution in [3.63, 3.8) is 0 Å². The molecule has 0 aromatic heterocycles. The average molecular weight is 425 g/mol. The van der Waals surface area contributed by atoms with Crippen molar-refractivity contribution < 1.29 is 14.3 Å². The Morgan fingerprint density at radius 3 is 2.53 bits per heavy atom. The molecule has 2 aromatic carbocycles. The van der Waals surface area contributed by atoms with E-state index in [0.29, 0.717) is 22.0 Å². The summed E-state index contributed by atoms with van der Waals surface area (Å²) in [6.45, 7) is -0.0461. The van der Waals surface area contributed by atoms with Gasteiger partial charge in [-0.3, -0.25) is 14.5 Å². The molecule has 2 aromatic rings. The van der Waals surface area contributed by atoms with E-state index in [1.807, 2.05) is 30.3 Å². The quantitative estimate of drug-likeness (QED) is 0.558. The molecule has 2 aliphatic rings. The van der Waals surface area contributed by atoms with E-state index in [-0.39, 0.29) is 30.2 Å². The Hall–Kier alpha value is -2.79. The molecule has 156 valence electrons. The number of hydrogen-bond acceptors (Lipinski definition) is 3. The Morgan fingerprint density at radius 1 is 1.07 bits per heavy atom. The molecule has 0 saturated heterocycles. The van der Waals surface area contributed by atoms with E-state index in [1.165, 1.54) is 17.7 Å². The molecule has 6 heteroatoms. The Kier molecular flexibility index (Phi) is 6.38. The fourth-order valence-electron chi connectivity index (χ4n) is 3.99. The van der Waals surface area contributed by atoms with Crippen molar-refractivity contribution in [2.45, 2.75) is 44.6 Å². The minimum Gasteiger partial charge on any atom is -0.449 e. The molecule has 1 saturated carbocycles. The molecule has 0 bridgehead atoms. The normalized spacial score (nSPS) is 18.5. The van der Waals surface area contributed by atoms with Crippen LogP contribution < -0.4 is 15.0 Å². The molecule has 1 aliphatic carbocycles. The van der Waals surface area contributed by atoms with Gasteiger partial charge in [-0.15, -0.1) is 0 Å². The fourth-order valence-corrected chi connectivity index (χ4v) is 4.18. The molecule has 1 heterocycles. The summed E-state index contributed by atoms with van der Waals surface area (Å²) in [6, 6.07) is 14.7. The second-order valence-electron chi connectivity index (χ2n) is 7.75. The number of amides is 2. The molecule has 1 N–H and O–H groups in total. The van der Waals surface area contributed by atoms with Gasteiger partial charge in [-0.1, -0.05) is 67.6 Å². The maximum Gasteiger partial charge on any atom is 0.294 e. The molecular formula is C24H25ClN2O3. The van der Waals surface area contributed by atoms with Gasteiger partial charge in [-0.2, -0.15) is 0 Å². The monoisotopic (exact) mass is 424 g/mol. The highest BCUT2D eigenvalue weighted by atomic mass is 35.5. The van der Waals surface area contributed by atoms with E-state index in [2.05, 4.69) is 5.32 Å². The van der Waals surface area contributed by atoms with Crippen LogP contribution in [0, 0.1) is 0 Å². The van der Waals surface area contributed by atoms with Gasteiger partial charge in [0.1, 0.15) is 6.54 Å². The van der Waals surface area contributed by atoms with Crippen molar-refractivity contribution in [2.75, 3.05) is 11.4 Å². The lowest BCUT2D eigenvalue weighted by Crippen LogP contribution is -2.46. The van der Waals surface area contributed by atoms with Crippen molar-refractivity contribution in [2.24, 2.45) is 0 Å². The molecule has 30 heavy (non-hydrogen) atoms. The zero-order chi connectivity index (χ0) is 20.9. The number of halogens is 1. The number of nitrogens with one attached hydrogen (secondary N) is 1.